The van der Waals surface area contributed by atoms with Crippen LogP contribution in [-0.4, -0.2) is 43.8 Å². The van der Waals surface area contributed by atoms with Crippen LogP contribution in [0.5, 0.6) is 0 Å². The highest BCUT2D eigenvalue weighted by Gasteiger charge is 2.36. The molecule has 258 valence electrons. The monoisotopic (exact) mass is 719 g/mol. The van der Waals surface area contributed by atoms with Gasteiger partial charge in [0.1, 0.15) is 12.6 Å². The summed E-state index contributed by atoms with van der Waals surface area (Å²) >= 11 is 13.3. The number of amides is 2. The third-order valence-corrected chi connectivity index (χ3v) is 11.5. The van der Waals surface area contributed by atoms with Crippen molar-refractivity contribution < 1.29 is 18.0 Å². The second-order valence-corrected chi connectivity index (χ2v) is 15.6. The van der Waals surface area contributed by atoms with Gasteiger partial charge in [-0.25, -0.2) is 8.42 Å². The summed E-state index contributed by atoms with van der Waals surface area (Å²) in [6.45, 7) is 4.99. The van der Waals surface area contributed by atoms with Crippen molar-refractivity contribution in [3.63, 3.8) is 0 Å². The molecule has 1 aliphatic rings. The molecule has 10 heteroatoms. The fraction of sp³-hybridized carbons (Fsp3) is 0.333. The largest absolute Gasteiger partial charge is 0.352 e. The first kappa shape index (κ1) is 36.4. The lowest BCUT2D eigenvalue weighted by Gasteiger charge is -2.35. The topological polar surface area (TPSA) is 86.8 Å². The molecule has 49 heavy (non-hydrogen) atoms. The summed E-state index contributed by atoms with van der Waals surface area (Å²) in [4.78, 5) is 30.7. The van der Waals surface area contributed by atoms with Crippen molar-refractivity contribution in [3.05, 3.63) is 129 Å². The molecule has 0 bridgehead atoms. The summed E-state index contributed by atoms with van der Waals surface area (Å²) in [5.74, 6) is -0.864. The van der Waals surface area contributed by atoms with Gasteiger partial charge in [-0.05, 0) is 86.7 Å². The Hall–Kier alpha value is -3.85. The van der Waals surface area contributed by atoms with Gasteiger partial charge >= 0.3 is 0 Å². The molecule has 0 saturated heterocycles. The quantitative estimate of drug-likeness (QED) is 0.160. The van der Waals surface area contributed by atoms with E-state index in [4.69, 9.17) is 23.2 Å². The molecule has 0 spiro atoms. The first-order valence-corrected chi connectivity index (χ1v) is 18.9. The summed E-state index contributed by atoms with van der Waals surface area (Å²) in [7, 11) is -4.22. The van der Waals surface area contributed by atoms with Gasteiger partial charge in [0.2, 0.25) is 11.8 Å². The van der Waals surface area contributed by atoms with Crippen molar-refractivity contribution in [2.75, 3.05) is 10.8 Å². The molecular weight excluding hydrogens is 677 g/mol. The Bertz CT molecular complexity index is 1840. The molecule has 4 aromatic carbocycles. The molecule has 0 unspecified atom stereocenters. The molecule has 7 nitrogen and oxygen atoms in total. The van der Waals surface area contributed by atoms with E-state index in [1.54, 1.807) is 54.6 Å². The first-order valence-electron chi connectivity index (χ1n) is 16.7. The lowest BCUT2D eigenvalue weighted by Crippen LogP contribution is -2.55. The van der Waals surface area contributed by atoms with Gasteiger partial charge in [-0.2, -0.15) is 0 Å². The Labute approximate surface area is 300 Å². The van der Waals surface area contributed by atoms with Gasteiger partial charge in [0.25, 0.3) is 10.0 Å². The number of aryl methyl sites for hydroxylation is 3. The van der Waals surface area contributed by atoms with Crippen molar-refractivity contribution in [3.8, 4) is 0 Å². The molecule has 0 aliphatic heterocycles. The lowest BCUT2D eigenvalue weighted by atomic mass is 9.94. The molecule has 5 rings (SSSR count). The number of hydrogen-bond donors (Lipinski definition) is 1. The van der Waals surface area contributed by atoms with Gasteiger partial charge in [-0.1, -0.05) is 103 Å². The zero-order valence-electron chi connectivity index (χ0n) is 28.2. The molecule has 4 aromatic rings. The van der Waals surface area contributed by atoms with Crippen LogP contribution < -0.4 is 9.62 Å². The summed E-state index contributed by atoms with van der Waals surface area (Å²) in [6, 6.07) is 25.6. The van der Waals surface area contributed by atoms with Gasteiger partial charge in [0, 0.05) is 34.6 Å². The maximum atomic E-state index is 14.8. The van der Waals surface area contributed by atoms with Crippen LogP contribution in [-0.2, 0) is 32.6 Å². The standard InChI is InChI=1S/C39H43Cl2N3O4S/c1-27-17-19-33(20-18-27)49(47,48)44(32-22-28(2)21-29(3)23-32)26-38(45)43(25-34-35(40)15-10-16-36(34)41)37(24-30-11-6-4-7-12-30)39(46)42-31-13-8-5-9-14-31/h4,6-7,10-12,15-23,31,37H,5,8-9,13-14,24-26H2,1-3H3,(H,42,46)/t37-/m1/s1. The van der Waals surface area contributed by atoms with Crippen LogP contribution in [0.1, 0.15) is 59.9 Å². The van der Waals surface area contributed by atoms with Crippen LogP contribution >= 0.6 is 23.2 Å². The van der Waals surface area contributed by atoms with Crippen LogP contribution in [0.25, 0.3) is 0 Å². The Morgan fingerprint density at radius 3 is 2.02 bits per heavy atom. The highest BCUT2D eigenvalue weighted by Crippen LogP contribution is 2.30. The zero-order chi connectivity index (χ0) is 35.1. The molecule has 1 fully saturated rings. The van der Waals surface area contributed by atoms with E-state index in [-0.39, 0.29) is 29.8 Å². The van der Waals surface area contributed by atoms with Crippen LogP contribution in [0.15, 0.2) is 95.9 Å². The summed E-state index contributed by atoms with van der Waals surface area (Å²) < 4.78 is 29.9. The van der Waals surface area contributed by atoms with Gasteiger partial charge in [0.15, 0.2) is 0 Å². The van der Waals surface area contributed by atoms with E-state index in [0.29, 0.717) is 21.3 Å². The van der Waals surface area contributed by atoms with Crippen LogP contribution in [0.2, 0.25) is 10.0 Å². The maximum Gasteiger partial charge on any atom is 0.264 e. The average molecular weight is 721 g/mol. The van der Waals surface area contributed by atoms with Crippen LogP contribution in [0, 0.1) is 20.8 Å². The number of benzene rings is 4. The Morgan fingerprint density at radius 2 is 1.41 bits per heavy atom. The SMILES string of the molecule is Cc1ccc(S(=O)(=O)N(CC(=O)N(Cc2c(Cl)cccc2Cl)[C@H](Cc2ccccc2)C(=O)NC2CCCCC2)c2cc(C)cc(C)c2)cc1. The van der Waals surface area contributed by atoms with Crippen molar-refractivity contribution in [2.24, 2.45) is 0 Å². The summed E-state index contributed by atoms with van der Waals surface area (Å²) in [5, 5.41) is 3.91. The van der Waals surface area contributed by atoms with Crippen LogP contribution in [0.3, 0.4) is 0 Å². The van der Waals surface area contributed by atoms with Crippen molar-refractivity contribution in [1.29, 1.82) is 0 Å². The fourth-order valence-electron chi connectivity index (χ4n) is 6.41. The minimum Gasteiger partial charge on any atom is -0.352 e. The van der Waals surface area contributed by atoms with E-state index in [9.17, 15) is 18.0 Å². The van der Waals surface area contributed by atoms with Crippen molar-refractivity contribution in [2.45, 2.75) is 82.8 Å². The van der Waals surface area contributed by atoms with Crippen molar-refractivity contribution >= 4 is 50.7 Å². The van der Waals surface area contributed by atoms with E-state index < -0.39 is 28.5 Å². The second kappa shape index (κ2) is 16.2. The molecule has 0 heterocycles. The number of carbonyl (C=O) groups excluding carboxylic acids is 2. The molecule has 1 aliphatic carbocycles. The highest BCUT2D eigenvalue weighted by molar-refractivity contribution is 7.92. The lowest BCUT2D eigenvalue weighted by molar-refractivity contribution is -0.140. The molecule has 1 N–H and O–H groups in total. The molecule has 0 aromatic heterocycles. The number of nitrogens with one attached hydrogen (secondary N) is 1. The first-order chi connectivity index (χ1) is 23.4. The van der Waals surface area contributed by atoms with Crippen LogP contribution in [0.4, 0.5) is 5.69 Å². The smallest absolute Gasteiger partial charge is 0.264 e. The molecule has 2 amide bonds. The number of anilines is 1. The predicted molar refractivity (Wildman–Crippen MR) is 198 cm³/mol. The number of rotatable bonds is 12. The predicted octanol–water partition coefficient (Wildman–Crippen LogP) is 8.20. The molecule has 1 atom stereocenters. The second-order valence-electron chi connectivity index (χ2n) is 12.9. The maximum absolute atomic E-state index is 14.8. The number of carbonyl (C=O) groups is 2. The minimum absolute atomic E-state index is 0.00550. The summed E-state index contributed by atoms with van der Waals surface area (Å²) in [6.07, 6.45) is 5.11. The van der Waals surface area contributed by atoms with E-state index in [1.807, 2.05) is 57.2 Å². The normalized spacial score (nSPS) is 14.2. The number of halogens is 2. The number of sulfonamides is 1. The van der Waals surface area contributed by atoms with Crippen molar-refractivity contribution in [1.82, 2.24) is 10.2 Å². The average Bonchev–Trinajstić information content (AvgIpc) is 3.07. The minimum atomic E-state index is -4.22. The fourth-order valence-corrected chi connectivity index (χ4v) is 8.33. The van der Waals surface area contributed by atoms with Gasteiger partial charge < -0.3 is 10.2 Å². The molecular formula is C39H43Cl2N3O4S. The van der Waals surface area contributed by atoms with E-state index in [0.717, 1.165) is 58.7 Å². The zero-order valence-corrected chi connectivity index (χ0v) is 30.5. The Balaban J connectivity index is 1.61. The number of hydrogen-bond acceptors (Lipinski definition) is 4. The van der Waals surface area contributed by atoms with E-state index >= 15 is 0 Å². The van der Waals surface area contributed by atoms with Gasteiger partial charge in [-0.3, -0.25) is 13.9 Å². The highest BCUT2D eigenvalue weighted by atomic mass is 35.5. The Kier molecular flexibility index (Phi) is 12.1. The van der Waals surface area contributed by atoms with E-state index in [2.05, 4.69) is 5.32 Å². The Morgan fingerprint density at radius 1 is 0.796 bits per heavy atom. The van der Waals surface area contributed by atoms with Gasteiger partial charge in [-0.15, -0.1) is 0 Å². The van der Waals surface area contributed by atoms with Gasteiger partial charge in [0.05, 0.1) is 10.6 Å². The third kappa shape index (κ3) is 9.24. The number of nitrogens with zero attached hydrogens (tertiary/aromatic N) is 2. The van der Waals surface area contributed by atoms with E-state index in [1.165, 1.54) is 4.90 Å². The molecule has 0 radical (unpaired) electrons. The summed E-state index contributed by atoms with van der Waals surface area (Å²) in [5.41, 5.74) is 4.28. The molecule has 1 saturated carbocycles. The third-order valence-electron chi connectivity index (χ3n) is 9.00.